The molecule has 0 aliphatic heterocycles. The number of carbonyl (C=O) groups excluding carboxylic acids is 1. The van der Waals surface area contributed by atoms with E-state index in [4.69, 9.17) is 9.47 Å². The predicted molar refractivity (Wildman–Crippen MR) is 100 cm³/mol. The normalized spacial score (nSPS) is 11.7. The summed E-state index contributed by atoms with van der Waals surface area (Å²) in [6, 6.07) is 15.6. The van der Waals surface area contributed by atoms with E-state index in [2.05, 4.69) is 19.9 Å². The van der Waals surface area contributed by atoms with Gasteiger partial charge in [-0.15, -0.1) is 0 Å². The summed E-state index contributed by atoms with van der Waals surface area (Å²) >= 11 is 0. The van der Waals surface area contributed by atoms with Crippen LogP contribution in [0.4, 0.5) is 0 Å². The van der Waals surface area contributed by atoms with Gasteiger partial charge in [-0.25, -0.2) is 0 Å². The number of likely N-dealkylation sites (N-methyl/N-ethyl adjacent to an activating group) is 1. The summed E-state index contributed by atoms with van der Waals surface area (Å²) in [4.78, 5) is 14.0. The van der Waals surface area contributed by atoms with E-state index in [9.17, 15) is 4.79 Å². The molecule has 0 heterocycles. The van der Waals surface area contributed by atoms with Gasteiger partial charge in [0.25, 0.3) is 5.91 Å². The molecule has 134 valence electrons. The van der Waals surface area contributed by atoms with Crippen molar-refractivity contribution in [3.8, 4) is 11.5 Å². The second-order valence-electron chi connectivity index (χ2n) is 6.23. The number of nitrogens with zero attached hydrogens (tertiary/aromatic N) is 1. The van der Waals surface area contributed by atoms with Crippen molar-refractivity contribution in [3.63, 3.8) is 0 Å². The van der Waals surface area contributed by atoms with Crippen molar-refractivity contribution in [1.29, 1.82) is 0 Å². The van der Waals surface area contributed by atoms with Gasteiger partial charge in [-0.05, 0) is 41.7 Å². The van der Waals surface area contributed by atoms with Crippen molar-refractivity contribution in [1.82, 2.24) is 4.90 Å². The molecule has 0 bridgehead atoms. The van der Waals surface area contributed by atoms with Gasteiger partial charge >= 0.3 is 0 Å². The maximum absolute atomic E-state index is 12.4. The fourth-order valence-corrected chi connectivity index (χ4v) is 2.58. The van der Waals surface area contributed by atoms with Crippen molar-refractivity contribution in [2.45, 2.75) is 32.7 Å². The van der Waals surface area contributed by atoms with Crippen LogP contribution in [0.1, 0.15) is 37.3 Å². The number of rotatable bonds is 8. The molecule has 0 aliphatic rings. The summed E-state index contributed by atoms with van der Waals surface area (Å²) in [7, 11) is 3.43. The minimum Gasteiger partial charge on any atom is -0.497 e. The molecule has 1 amide bonds. The summed E-state index contributed by atoms with van der Waals surface area (Å²) < 4.78 is 11.0. The van der Waals surface area contributed by atoms with Gasteiger partial charge in [0.05, 0.1) is 7.11 Å². The Hall–Kier alpha value is -2.49. The molecule has 4 heteroatoms. The Labute approximate surface area is 150 Å². The van der Waals surface area contributed by atoms with Gasteiger partial charge in [-0.1, -0.05) is 44.2 Å². The minimum atomic E-state index is -0.0465. The van der Waals surface area contributed by atoms with E-state index in [1.165, 1.54) is 0 Å². The van der Waals surface area contributed by atoms with Gasteiger partial charge < -0.3 is 14.4 Å². The Morgan fingerprint density at radius 2 is 1.80 bits per heavy atom. The van der Waals surface area contributed by atoms with E-state index in [0.717, 1.165) is 29.0 Å². The highest BCUT2D eigenvalue weighted by molar-refractivity contribution is 5.77. The molecular weight excluding hydrogens is 314 g/mol. The zero-order valence-electron chi connectivity index (χ0n) is 15.5. The van der Waals surface area contributed by atoms with Crippen LogP contribution in [-0.2, 0) is 11.3 Å². The largest absolute Gasteiger partial charge is 0.497 e. The van der Waals surface area contributed by atoms with E-state index >= 15 is 0 Å². The van der Waals surface area contributed by atoms with Gasteiger partial charge in [-0.3, -0.25) is 4.79 Å². The van der Waals surface area contributed by atoms with Crippen LogP contribution < -0.4 is 9.47 Å². The second kappa shape index (κ2) is 9.11. The van der Waals surface area contributed by atoms with Crippen LogP contribution in [0.5, 0.6) is 11.5 Å². The molecule has 4 nitrogen and oxygen atoms in total. The van der Waals surface area contributed by atoms with Crippen molar-refractivity contribution >= 4 is 5.91 Å². The number of ether oxygens (including phenoxy) is 2. The predicted octanol–water partition coefficient (Wildman–Crippen LogP) is 4.25. The topological polar surface area (TPSA) is 38.8 Å². The van der Waals surface area contributed by atoms with E-state index < -0.39 is 0 Å². The van der Waals surface area contributed by atoms with Crippen LogP contribution in [0.25, 0.3) is 0 Å². The average molecular weight is 341 g/mol. The van der Waals surface area contributed by atoms with E-state index in [0.29, 0.717) is 12.5 Å². The van der Waals surface area contributed by atoms with Crippen molar-refractivity contribution in [3.05, 3.63) is 59.7 Å². The molecule has 2 aromatic rings. The fourth-order valence-electron chi connectivity index (χ4n) is 2.58. The first kappa shape index (κ1) is 18.8. The SMILES string of the molecule is CCC(C)c1ccccc1OCC(=O)N(C)Cc1ccc(OC)cc1. The van der Waals surface area contributed by atoms with E-state index in [1.54, 1.807) is 19.1 Å². The van der Waals surface area contributed by atoms with Crippen molar-refractivity contribution < 1.29 is 14.3 Å². The molecule has 1 atom stereocenters. The number of methoxy groups -OCH3 is 1. The first-order chi connectivity index (χ1) is 12.0. The van der Waals surface area contributed by atoms with Gasteiger partial charge in [0.15, 0.2) is 6.61 Å². The summed E-state index contributed by atoms with van der Waals surface area (Å²) in [5, 5.41) is 0. The van der Waals surface area contributed by atoms with Crippen LogP contribution in [-0.4, -0.2) is 31.6 Å². The number of benzene rings is 2. The Balaban J connectivity index is 1.93. The quantitative estimate of drug-likeness (QED) is 0.721. The molecule has 0 radical (unpaired) electrons. The lowest BCUT2D eigenvalue weighted by atomic mass is 9.98. The third-order valence-electron chi connectivity index (χ3n) is 4.42. The number of hydrogen-bond donors (Lipinski definition) is 0. The molecule has 0 aliphatic carbocycles. The Bertz CT molecular complexity index is 682. The van der Waals surface area contributed by atoms with Crippen LogP contribution in [0, 0.1) is 0 Å². The zero-order valence-corrected chi connectivity index (χ0v) is 15.5. The van der Waals surface area contributed by atoms with Crippen molar-refractivity contribution in [2.24, 2.45) is 0 Å². The number of amides is 1. The maximum Gasteiger partial charge on any atom is 0.260 e. The third-order valence-corrected chi connectivity index (χ3v) is 4.42. The van der Waals surface area contributed by atoms with E-state index in [1.807, 2.05) is 42.5 Å². The molecule has 0 N–H and O–H groups in total. The molecule has 0 fully saturated rings. The standard InChI is InChI=1S/C21H27NO3/c1-5-16(2)19-8-6-7-9-20(19)25-15-21(23)22(3)14-17-10-12-18(24-4)13-11-17/h6-13,16H,5,14-15H2,1-4H3. The highest BCUT2D eigenvalue weighted by Gasteiger charge is 2.14. The maximum atomic E-state index is 12.4. The number of hydrogen-bond acceptors (Lipinski definition) is 3. The van der Waals surface area contributed by atoms with E-state index in [-0.39, 0.29) is 12.5 Å². The molecule has 2 rings (SSSR count). The lowest BCUT2D eigenvalue weighted by Crippen LogP contribution is -2.31. The highest BCUT2D eigenvalue weighted by Crippen LogP contribution is 2.28. The molecule has 0 spiro atoms. The summed E-state index contributed by atoms with van der Waals surface area (Å²) in [5.74, 6) is 1.96. The van der Waals surface area contributed by atoms with Crippen LogP contribution >= 0.6 is 0 Å². The average Bonchev–Trinajstić information content (AvgIpc) is 2.66. The van der Waals surface area contributed by atoms with Crippen molar-refractivity contribution in [2.75, 3.05) is 20.8 Å². The Morgan fingerprint density at radius 3 is 2.44 bits per heavy atom. The zero-order chi connectivity index (χ0) is 18.2. The molecule has 2 aromatic carbocycles. The first-order valence-electron chi connectivity index (χ1n) is 8.63. The summed E-state index contributed by atoms with van der Waals surface area (Å²) in [5.41, 5.74) is 2.20. The minimum absolute atomic E-state index is 0.0418. The van der Waals surface area contributed by atoms with Gasteiger partial charge in [0.2, 0.25) is 0 Å². The van der Waals surface area contributed by atoms with Gasteiger partial charge in [0.1, 0.15) is 11.5 Å². The molecular formula is C21H27NO3. The second-order valence-corrected chi connectivity index (χ2v) is 6.23. The summed E-state index contributed by atoms with van der Waals surface area (Å²) in [6.45, 7) is 4.90. The molecule has 0 saturated carbocycles. The Kier molecular flexibility index (Phi) is 6.87. The van der Waals surface area contributed by atoms with Crippen LogP contribution in [0.15, 0.2) is 48.5 Å². The monoisotopic (exact) mass is 341 g/mol. The molecule has 0 saturated heterocycles. The Morgan fingerprint density at radius 1 is 1.12 bits per heavy atom. The lowest BCUT2D eigenvalue weighted by molar-refractivity contribution is -0.132. The van der Waals surface area contributed by atoms with Gasteiger partial charge in [-0.2, -0.15) is 0 Å². The third kappa shape index (κ3) is 5.24. The van der Waals surface area contributed by atoms with Crippen LogP contribution in [0.2, 0.25) is 0 Å². The molecule has 0 aromatic heterocycles. The van der Waals surface area contributed by atoms with Gasteiger partial charge in [0, 0.05) is 13.6 Å². The molecule has 25 heavy (non-hydrogen) atoms. The molecule has 1 unspecified atom stereocenters. The first-order valence-corrected chi connectivity index (χ1v) is 8.63. The number of carbonyl (C=O) groups is 1. The lowest BCUT2D eigenvalue weighted by Gasteiger charge is -2.19. The van der Waals surface area contributed by atoms with Crippen LogP contribution in [0.3, 0.4) is 0 Å². The smallest absolute Gasteiger partial charge is 0.260 e. The summed E-state index contributed by atoms with van der Waals surface area (Å²) in [6.07, 6.45) is 1.03. The fraction of sp³-hybridized carbons (Fsp3) is 0.381. The number of para-hydroxylation sites is 1. The highest BCUT2D eigenvalue weighted by atomic mass is 16.5.